The first-order chi connectivity index (χ1) is 11.7. The van der Waals surface area contributed by atoms with Crippen LogP contribution in [-0.2, 0) is 0 Å². The van der Waals surface area contributed by atoms with Gasteiger partial charge in [-0.05, 0) is 43.0 Å². The van der Waals surface area contributed by atoms with E-state index < -0.39 is 11.6 Å². The molecule has 2 aromatic carbocycles. The number of hydrogen-bond donors (Lipinski definition) is 0. The number of halogens is 2. The van der Waals surface area contributed by atoms with Crippen LogP contribution < -0.4 is 9.47 Å². The molecule has 126 valence electrons. The average molecular weight is 348 g/mol. The van der Waals surface area contributed by atoms with E-state index in [1.807, 2.05) is 6.07 Å². The number of hydrogen-bond acceptors (Lipinski definition) is 3. The number of rotatable bonds is 4. The molecule has 24 heavy (non-hydrogen) atoms. The van der Waals surface area contributed by atoms with Crippen LogP contribution in [0, 0.1) is 17.6 Å². The lowest BCUT2D eigenvalue weighted by Gasteiger charge is -2.12. The molecule has 0 atom stereocenters. The highest BCUT2D eigenvalue weighted by atomic mass is 32.1. The molecule has 0 radical (unpaired) electrons. The molecular formula is C19H18F2O2S. The van der Waals surface area contributed by atoms with Crippen molar-refractivity contribution in [2.24, 2.45) is 5.92 Å². The molecule has 0 amide bonds. The van der Waals surface area contributed by atoms with Crippen molar-refractivity contribution in [2.45, 2.75) is 25.7 Å². The van der Waals surface area contributed by atoms with Crippen molar-refractivity contribution >= 4 is 31.5 Å². The minimum Gasteiger partial charge on any atom is -0.494 e. The molecule has 4 rings (SSSR count). The first kappa shape index (κ1) is 15.6. The maximum atomic E-state index is 14.8. The van der Waals surface area contributed by atoms with E-state index in [-0.39, 0.29) is 11.5 Å². The minimum absolute atomic E-state index is 0.173. The first-order valence-electron chi connectivity index (χ1n) is 8.19. The molecule has 2 nitrogen and oxygen atoms in total. The molecule has 1 aliphatic carbocycles. The summed E-state index contributed by atoms with van der Waals surface area (Å²) in [6.07, 6.45) is 4.76. The number of methoxy groups -OCH3 is 1. The summed E-state index contributed by atoms with van der Waals surface area (Å²) in [7, 11) is 1.42. The summed E-state index contributed by atoms with van der Waals surface area (Å²) >= 11 is 1.11. The second-order valence-corrected chi connectivity index (χ2v) is 7.30. The van der Waals surface area contributed by atoms with Gasteiger partial charge in [0.1, 0.15) is 0 Å². The van der Waals surface area contributed by atoms with Crippen LogP contribution in [0.2, 0.25) is 0 Å². The van der Waals surface area contributed by atoms with Gasteiger partial charge in [-0.3, -0.25) is 0 Å². The Morgan fingerprint density at radius 2 is 1.54 bits per heavy atom. The normalized spacial score (nSPS) is 15.5. The van der Waals surface area contributed by atoms with Gasteiger partial charge in [0.25, 0.3) is 0 Å². The second-order valence-electron chi connectivity index (χ2n) is 6.28. The maximum absolute atomic E-state index is 14.8. The zero-order valence-corrected chi connectivity index (χ0v) is 14.2. The average Bonchev–Trinajstić information content (AvgIpc) is 3.23. The third kappa shape index (κ3) is 2.51. The minimum atomic E-state index is -0.441. The monoisotopic (exact) mass is 348 g/mol. The summed E-state index contributed by atoms with van der Waals surface area (Å²) in [5.74, 6) is 0.110. The van der Waals surface area contributed by atoms with Crippen molar-refractivity contribution < 1.29 is 18.3 Å². The fourth-order valence-corrected chi connectivity index (χ4v) is 4.62. The Morgan fingerprint density at radius 1 is 0.958 bits per heavy atom. The van der Waals surface area contributed by atoms with E-state index in [2.05, 4.69) is 0 Å². The summed E-state index contributed by atoms with van der Waals surface area (Å²) in [6.45, 7) is 0.551. The Bertz CT molecular complexity index is 897. The van der Waals surface area contributed by atoms with Crippen molar-refractivity contribution in [3.05, 3.63) is 35.9 Å². The Hall–Kier alpha value is -1.88. The van der Waals surface area contributed by atoms with Crippen LogP contribution in [0.1, 0.15) is 25.7 Å². The predicted molar refractivity (Wildman–Crippen MR) is 93.3 cm³/mol. The zero-order chi connectivity index (χ0) is 16.7. The Morgan fingerprint density at radius 3 is 2.17 bits per heavy atom. The quantitative estimate of drug-likeness (QED) is 0.583. The number of ether oxygens (including phenoxy) is 2. The van der Waals surface area contributed by atoms with E-state index >= 15 is 0 Å². The highest BCUT2D eigenvalue weighted by Gasteiger charge is 2.20. The number of benzene rings is 2. The van der Waals surface area contributed by atoms with E-state index in [0.29, 0.717) is 32.7 Å². The van der Waals surface area contributed by atoms with Gasteiger partial charge in [0.05, 0.1) is 23.1 Å². The molecule has 0 aliphatic heterocycles. The second kappa shape index (κ2) is 6.20. The lowest BCUT2D eigenvalue weighted by Crippen LogP contribution is -2.08. The Balaban J connectivity index is 1.74. The summed E-state index contributed by atoms with van der Waals surface area (Å²) < 4.78 is 40.8. The topological polar surface area (TPSA) is 18.5 Å². The molecule has 0 N–H and O–H groups in total. The van der Waals surface area contributed by atoms with Gasteiger partial charge in [-0.15, -0.1) is 11.3 Å². The van der Waals surface area contributed by atoms with Crippen molar-refractivity contribution in [2.75, 3.05) is 13.7 Å². The van der Waals surface area contributed by atoms with Crippen LogP contribution in [0.15, 0.2) is 24.3 Å². The molecule has 1 saturated carbocycles. The van der Waals surface area contributed by atoms with E-state index in [1.165, 1.54) is 20.0 Å². The van der Waals surface area contributed by atoms with Crippen molar-refractivity contribution in [3.63, 3.8) is 0 Å². The zero-order valence-electron chi connectivity index (χ0n) is 13.4. The predicted octanol–water partition coefficient (Wildman–Crippen LogP) is 5.91. The van der Waals surface area contributed by atoms with Gasteiger partial charge in [-0.1, -0.05) is 12.8 Å². The fourth-order valence-electron chi connectivity index (χ4n) is 3.46. The summed E-state index contributed by atoms with van der Waals surface area (Å²) in [4.78, 5) is 0. The van der Waals surface area contributed by atoms with Gasteiger partial charge in [-0.25, -0.2) is 8.78 Å². The highest BCUT2D eigenvalue weighted by Crippen LogP contribution is 2.41. The molecule has 5 heteroatoms. The molecule has 3 aromatic rings. The highest BCUT2D eigenvalue weighted by molar-refractivity contribution is 7.25. The van der Waals surface area contributed by atoms with Gasteiger partial charge < -0.3 is 9.47 Å². The molecule has 1 heterocycles. The van der Waals surface area contributed by atoms with E-state index in [9.17, 15) is 8.78 Å². The smallest absolute Gasteiger partial charge is 0.182 e. The SMILES string of the molecule is COc1ccc2c(sc3c(F)c(OCC4CCCC4)ccc32)c1F. The van der Waals surface area contributed by atoms with Crippen LogP contribution in [0.3, 0.4) is 0 Å². The van der Waals surface area contributed by atoms with Crippen molar-refractivity contribution in [1.82, 2.24) is 0 Å². The summed E-state index contributed by atoms with van der Waals surface area (Å²) in [5.41, 5.74) is 0. The fraction of sp³-hybridized carbons (Fsp3) is 0.368. The molecule has 0 saturated heterocycles. The number of fused-ring (bicyclic) bond motifs is 3. The van der Waals surface area contributed by atoms with Crippen molar-refractivity contribution in [3.8, 4) is 11.5 Å². The lowest BCUT2D eigenvalue weighted by molar-refractivity contribution is 0.243. The van der Waals surface area contributed by atoms with Crippen molar-refractivity contribution in [1.29, 1.82) is 0 Å². The van der Waals surface area contributed by atoms with Gasteiger partial charge >= 0.3 is 0 Å². The molecule has 0 spiro atoms. The summed E-state index contributed by atoms with van der Waals surface area (Å²) in [6, 6.07) is 6.81. The molecule has 1 aliphatic rings. The van der Waals surface area contributed by atoms with Crippen LogP contribution in [-0.4, -0.2) is 13.7 Å². The molecular weight excluding hydrogens is 330 g/mol. The largest absolute Gasteiger partial charge is 0.494 e. The van der Waals surface area contributed by atoms with E-state index in [1.54, 1.807) is 18.2 Å². The Kier molecular flexibility index (Phi) is 4.04. The third-order valence-electron chi connectivity index (χ3n) is 4.79. The lowest BCUT2D eigenvalue weighted by atomic mass is 10.1. The van der Waals surface area contributed by atoms with Gasteiger partial charge in [0, 0.05) is 10.8 Å². The molecule has 0 bridgehead atoms. The van der Waals surface area contributed by atoms with E-state index in [4.69, 9.17) is 9.47 Å². The molecule has 1 fully saturated rings. The van der Waals surface area contributed by atoms with Crippen LogP contribution in [0.4, 0.5) is 8.78 Å². The van der Waals surface area contributed by atoms with E-state index in [0.717, 1.165) is 24.2 Å². The van der Waals surface area contributed by atoms with Crippen LogP contribution in [0.5, 0.6) is 11.5 Å². The maximum Gasteiger partial charge on any atom is 0.182 e. The summed E-state index contributed by atoms with van der Waals surface area (Å²) in [5, 5.41) is 1.41. The standard InChI is InChI=1S/C19H18F2O2S/c1-22-14-8-6-12-13-7-9-15(23-10-11-4-2-3-5-11)17(21)19(13)24-18(12)16(14)20/h6-9,11H,2-5,10H2,1H3. The Labute approximate surface area is 143 Å². The number of thiophene rings is 1. The first-order valence-corrected chi connectivity index (χ1v) is 9.00. The molecule has 1 aromatic heterocycles. The van der Waals surface area contributed by atoms with Gasteiger partial charge in [0.15, 0.2) is 23.1 Å². The van der Waals surface area contributed by atoms with Gasteiger partial charge in [-0.2, -0.15) is 0 Å². The van der Waals surface area contributed by atoms with Crippen LogP contribution in [0.25, 0.3) is 20.2 Å². The molecule has 0 unspecified atom stereocenters. The third-order valence-corrected chi connectivity index (χ3v) is 5.99. The van der Waals surface area contributed by atoms with Crippen LogP contribution >= 0.6 is 11.3 Å². The van der Waals surface area contributed by atoms with Gasteiger partial charge in [0.2, 0.25) is 0 Å².